The molecule has 1 amide bonds. The molecular formula is C13H10Br2N2O2. The average Bonchev–Trinajstić information content (AvgIpc) is 2.38. The van der Waals surface area contributed by atoms with Gasteiger partial charge in [-0.25, -0.2) is 4.98 Å². The minimum atomic E-state index is -0.205. The predicted octanol–water partition coefficient (Wildman–Crippen LogP) is 3.87. The van der Waals surface area contributed by atoms with E-state index >= 15 is 0 Å². The minimum absolute atomic E-state index is 0.205. The van der Waals surface area contributed by atoms with Crippen molar-refractivity contribution >= 4 is 43.5 Å². The summed E-state index contributed by atoms with van der Waals surface area (Å²) in [7, 11) is 1.58. The van der Waals surface area contributed by atoms with Gasteiger partial charge in [0.05, 0.1) is 7.11 Å². The Morgan fingerprint density at radius 2 is 2.05 bits per heavy atom. The molecule has 0 fully saturated rings. The fourth-order valence-electron chi connectivity index (χ4n) is 1.50. The second-order valence-corrected chi connectivity index (χ2v) is 5.43. The number of ether oxygens (including phenoxy) is 1. The van der Waals surface area contributed by atoms with E-state index in [1.54, 1.807) is 37.6 Å². The second-order valence-electron chi connectivity index (χ2n) is 3.70. The fourth-order valence-corrected chi connectivity index (χ4v) is 2.34. The number of aromatic nitrogens is 1. The molecule has 0 radical (unpaired) electrons. The van der Waals surface area contributed by atoms with Crippen molar-refractivity contribution < 1.29 is 9.53 Å². The maximum Gasteiger partial charge on any atom is 0.255 e. The first-order valence-electron chi connectivity index (χ1n) is 5.36. The van der Waals surface area contributed by atoms with Crippen molar-refractivity contribution in [3.05, 3.63) is 51.2 Å². The molecule has 0 unspecified atom stereocenters. The van der Waals surface area contributed by atoms with Crippen LogP contribution in [0.4, 0.5) is 5.69 Å². The molecule has 2 rings (SSSR count). The molecule has 1 aromatic carbocycles. The summed E-state index contributed by atoms with van der Waals surface area (Å²) >= 11 is 6.59. The minimum Gasteiger partial charge on any atom is -0.497 e. The highest BCUT2D eigenvalue weighted by Crippen LogP contribution is 2.25. The van der Waals surface area contributed by atoms with E-state index in [0.717, 1.165) is 4.47 Å². The largest absolute Gasteiger partial charge is 0.497 e. The molecule has 0 bridgehead atoms. The zero-order chi connectivity index (χ0) is 13.8. The summed E-state index contributed by atoms with van der Waals surface area (Å²) in [6.45, 7) is 0. The van der Waals surface area contributed by atoms with Crippen molar-refractivity contribution in [3.8, 4) is 5.75 Å². The Labute approximate surface area is 127 Å². The summed E-state index contributed by atoms with van der Waals surface area (Å²) in [5.41, 5.74) is 1.19. The predicted molar refractivity (Wildman–Crippen MR) is 80.6 cm³/mol. The van der Waals surface area contributed by atoms with Crippen LogP contribution in [0, 0.1) is 0 Å². The molecule has 98 valence electrons. The molecule has 1 aromatic heterocycles. The lowest BCUT2D eigenvalue weighted by atomic mass is 10.2. The molecule has 0 saturated heterocycles. The topological polar surface area (TPSA) is 51.2 Å². The van der Waals surface area contributed by atoms with Gasteiger partial charge in [-0.2, -0.15) is 0 Å². The summed E-state index contributed by atoms with van der Waals surface area (Å²) in [6.07, 6.45) is 1.57. The zero-order valence-electron chi connectivity index (χ0n) is 9.98. The number of benzene rings is 1. The third-order valence-electron chi connectivity index (χ3n) is 2.35. The Morgan fingerprint density at radius 1 is 1.26 bits per heavy atom. The first kappa shape index (κ1) is 14.0. The lowest BCUT2D eigenvalue weighted by Crippen LogP contribution is -2.12. The third kappa shape index (κ3) is 3.78. The highest BCUT2D eigenvalue weighted by Gasteiger charge is 2.08. The van der Waals surface area contributed by atoms with Crippen molar-refractivity contribution in [1.29, 1.82) is 0 Å². The summed E-state index contributed by atoms with van der Waals surface area (Å²) in [6, 6.07) is 8.67. The Hall–Kier alpha value is -1.40. The molecule has 1 N–H and O–H groups in total. The molecule has 0 aliphatic heterocycles. The number of carbonyl (C=O) groups is 1. The van der Waals surface area contributed by atoms with Crippen LogP contribution in [0.3, 0.4) is 0 Å². The lowest BCUT2D eigenvalue weighted by molar-refractivity contribution is 0.102. The number of hydrogen-bond acceptors (Lipinski definition) is 3. The first-order valence-corrected chi connectivity index (χ1v) is 6.94. The molecule has 4 nitrogen and oxygen atoms in total. The molecule has 0 spiro atoms. The number of pyridine rings is 1. The second kappa shape index (κ2) is 6.16. The van der Waals surface area contributed by atoms with Crippen LogP contribution in [0.1, 0.15) is 10.4 Å². The SMILES string of the molecule is COc1cc(Br)cc(NC(=O)c2ccnc(Br)c2)c1. The molecule has 19 heavy (non-hydrogen) atoms. The van der Waals surface area contributed by atoms with Crippen LogP contribution < -0.4 is 10.1 Å². The summed E-state index contributed by atoms with van der Waals surface area (Å²) in [5.74, 6) is 0.462. The summed E-state index contributed by atoms with van der Waals surface area (Å²) in [4.78, 5) is 16.0. The molecule has 0 atom stereocenters. The van der Waals surface area contributed by atoms with Crippen molar-refractivity contribution in [3.63, 3.8) is 0 Å². The Morgan fingerprint density at radius 3 is 2.74 bits per heavy atom. The monoisotopic (exact) mass is 384 g/mol. The van der Waals surface area contributed by atoms with E-state index in [9.17, 15) is 4.79 Å². The van der Waals surface area contributed by atoms with Crippen molar-refractivity contribution in [2.45, 2.75) is 0 Å². The van der Waals surface area contributed by atoms with Crippen LogP contribution in [0.5, 0.6) is 5.75 Å². The molecule has 6 heteroatoms. The maximum atomic E-state index is 12.1. The number of carbonyl (C=O) groups excluding carboxylic acids is 1. The molecule has 0 saturated carbocycles. The van der Waals surface area contributed by atoms with E-state index < -0.39 is 0 Å². The number of rotatable bonds is 3. The van der Waals surface area contributed by atoms with E-state index in [4.69, 9.17) is 4.74 Å². The number of nitrogens with one attached hydrogen (secondary N) is 1. The van der Waals surface area contributed by atoms with Gasteiger partial charge in [0.2, 0.25) is 0 Å². The maximum absolute atomic E-state index is 12.1. The molecule has 1 heterocycles. The van der Waals surface area contributed by atoms with Crippen LogP contribution in [0.2, 0.25) is 0 Å². The molecule has 0 aliphatic carbocycles. The molecule has 0 aliphatic rings. The van der Waals surface area contributed by atoms with Crippen LogP contribution in [0.25, 0.3) is 0 Å². The number of amides is 1. The highest BCUT2D eigenvalue weighted by molar-refractivity contribution is 9.10. The van der Waals surface area contributed by atoms with E-state index in [2.05, 4.69) is 42.2 Å². The van der Waals surface area contributed by atoms with E-state index in [1.165, 1.54) is 0 Å². The van der Waals surface area contributed by atoms with Crippen LogP contribution >= 0.6 is 31.9 Å². The number of hydrogen-bond donors (Lipinski definition) is 1. The molecule has 2 aromatic rings. The normalized spacial score (nSPS) is 10.1. The van der Waals surface area contributed by atoms with E-state index in [1.807, 2.05) is 6.07 Å². The Balaban J connectivity index is 2.21. The van der Waals surface area contributed by atoms with Gasteiger partial charge in [-0.15, -0.1) is 0 Å². The quantitative estimate of drug-likeness (QED) is 0.816. The van der Waals surface area contributed by atoms with Gasteiger partial charge >= 0.3 is 0 Å². The highest BCUT2D eigenvalue weighted by atomic mass is 79.9. The van der Waals surface area contributed by atoms with Crippen LogP contribution in [-0.4, -0.2) is 18.0 Å². The van der Waals surface area contributed by atoms with Gasteiger partial charge in [0.15, 0.2) is 0 Å². The van der Waals surface area contributed by atoms with Gasteiger partial charge in [-0.05, 0) is 40.2 Å². The third-order valence-corrected chi connectivity index (χ3v) is 3.25. The number of nitrogens with zero attached hydrogens (tertiary/aromatic N) is 1. The Kier molecular flexibility index (Phi) is 4.55. The van der Waals surface area contributed by atoms with Gasteiger partial charge in [0.25, 0.3) is 5.91 Å². The summed E-state index contributed by atoms with van der Waals surface area (Å²) in [5, 5.41) is 2.80. The standard InChI is InChI=1S/C13H10Br2N2O2/c1-19-11-6-9(14)5-10(7-11)17-13(18)8-2-3-16-12(15)4-8/h2-7H,1H3,(H,17,18). The van der Waals surface area contributed by atoms with Crippen molar-refractivity contribution in [1.82, 2.24) is 4.98 Å². The number of anilines is 1. The van der Waals surface area contributed by atoms with Gasteiger partial charge in [0, 0.05) is 28.0 Å². The van der Waals surface area contributed by atoms with Crippen LogP contribution in [0.15, 0.2) is 45.6 Å². The Bertz CT molecular complexity index is 617. The van der Waals surface area contributed by atoms with E-state index in [0.29, 0.717) is 21.6 Å². The zero-order valence-corrected chi connectivity index (χ0v) is 13.2. The van der Waals surface area contributed by atoms with Gasteiger partial charge in [-0.1, -0.05) is 15.9 Å². The first-order chi connectivity index (χ1) is 9.08. The fraction of sp³-hybridized carbons (Fsp3) is 0.0769. The summed E-state index contributed by atoms with van der Waals surface area (Å²) < 4.78 is 6.59. The number of methoxy groups -OCH3 is 1. The lowest BCUT2D eigenvalue weighted by Gasteiger charge is -2.08. The van der Waals surface area contributed by atoms with Gasteiger partial charge < -0.3 is 10.1 Å². The average molecular weight is 386 g/mol. The molecular weight excluding hydrogens is 376 g/mol. The van der Waals surface area contributed by atoms with Crippen molar-refractivity contribution in [2.75, 3.05) is 12.4 Å². The smallest absolute Gasteiger partial charge is 0.255 e. The van der Waals surface area contributed by atoms with E-state index in [-0.39, 0.29) is 5.91 Å². The van der Waals surface area contributed by atoms with Gasteiger partial charge in [-0.3, -0.25) is 4.79 Å². The van der Waals surface area contributed by atoms with Crippen LogP contribution in [-0.2, 0) is 0 Å². The van der Waals surface area contributed by atoms with Crippen molar-refractivity contribution in [2.24, 2.45) is 0 Å². The number of halogens is 2. The van der Waals surface area contributed by atoms with Gasteiger partial charge in [0.1, 0.15) is 10.4 Å².